The average Bonchev–Trinajstić information content (AvgIpc) is 3.69. The molecule has 0 aliphatic heterocycles. The van der Waals surface area contributed by atoms with Crippen molar-refractivity contribution >= 4 is 0 Å². The lowest BCUT2D eigenvalue weighted by molar-refractivity contribution is 0.0127. The summed E-state index contributed by atoms with van der Waals surface area (Å²) in [6.07, 6.45) is 3.85. The van der Waals surface area contributed by atoms with Gasteiger partial charge in [0.2, 0.25) is 5.88 Å². The van der Waals surface area contributed by atoms with Crippen LogP contribution in [0.25, 0.3) is 11.3 Å². The molecule has 0 spiro atoms. The van der Waals surface area contributed by atoms with Crippen LogP contribution in [0.1, 0.15) is 38.2 Å². The van der Waals surface area contributed by atoms with Crippen molar-refractivity contribution in [2.75, 3.05) is 26.9 Å². The molecule has 0 radical (unpaired) electrons. The monoisotopic (exact) mass is 479 g/mol. The molecule has 2 aromatic carbocycles. The highest BCUT2D eigenvalue weighted by atomic mass is 16.5. The van der Waals surface area contributed by atoms with Crippen molar-refractivity contribution in [2.45, 2.75) is 51.3 Å². The quantitative estimate of drug-likeness (QED) is 0.327. The summed E-state index contributed by atoms with van der Waals surface area (Å²) in [5.41, 5.74) is 2.96. The van der Waals surface area contributed by atoms with Gasteiger partial charge in [0.25, 0.3) is 0 Å². The molecule has 0 bridgehead atoms. The molecule has 4 rings (SSSR count). The van der Waals surface area contributed by atoms with Crippen molar-refractivity contribution in [3.05, 3.63) is 60.2 Å². The Morgan fingerprint density at radius 2 is 1.80 bits per heavy atom. The number of hydrogen-bond acceptors (Lipinski definition) is 6. The van der Waals surface area contributed by atoms with E-state index in [-0.39, 0.29) is 0 Å². The number of methoxy groups -OCH3 is 1. The third kappa shape index (κ3) is 6.84. The molecule has 35 heavy (non-hydrogen) atoms. The van der Waals surface area contributed by atoms with Gasteiger partial charge in [-0.15, -0.1) is 0 Å². The predicted octanol–water partition coefficient (Wildman–Crippen LogP) is 5.03. The molecule has 0 amide bonds. The zero-order valence-corrected chi connectivity index (χ0v) is 21.0. The first-order valence-electron chi connectivity index (χ1n) is 12.5. The van der Waals surface area contributed by atoms with Crippen molar-refractivity contribution in [1.82, 2.24) is 14.7 Å². The molecule has 3 aromatic rings. The summed E-state index contributed by atoms with van der Waals surface area (Å²) in [4.78, 5) is 2.35. The highest BCUT2D eigenvalue weighted by molar-refractivity contribution is 5.65. The second kappa shape index (κ2) is 12.2. The number of nitrogens with zero attached hydrogens (tertiary/aromatic N) is 3. The fourth-order valence-corrected chi connectivity index (χ4v) is 4.18. The molecule has 1 saturated carbocycles. The topological polar surface area (TPSA) is 69.0 Å². The van der Waals surface area contributed by atoms with Gasteiger partial charge in [-0.05, 0) is 43.5 Å². The zero-order chi connectivity index (χ0) is 24.6. The van der Waals surface area contributed by atoms with Crippen molar-refractivity contribution in [3.8, 4) is 28.6 Å². The standard InChI is InChI=1S/C28H37N3O4/c1-4-5-17-34-20-23(32)18-31(22-11-12-22)19-26-27(21-9-7-6-8-10-21)29-30(2)28(26)35-25-15-13-24(33-3)14-16-25/h6-10,13-16,22-23,32H,4-5,11-12,17-20H2,1-3H3. The van der Waals surface area contributed by atoms with Gasteiger partial charge in [-0.3, -0.25) is 4.90 Å². The van der Waals surface area contributed by atoms with Gasteiger partial charge < -0.3 is 19.3 Å². The van der Waals surface area contributed by atoms with E-state index in [9.17, 15) is 5.11 Å². The van der Waals surface area contributed by atoms with E-state index in [4.69, 9.17) is 19.3 Å². The van der Waals surface area contributed by atoms with Crippen molar-refractivity contribution in [2.24, 2.45) is 7.05 Å². The van der Waals surface area contributed by atoms with E-state index in [1.807, 2.05) is 49.5 Å². The number of aromatic nitrogens is 2. The minimum Gasteiger partial charge on any atom is -0.497 e. The molecule has 1 aromatic heterocycles. The summed E-state index contributed by atoms with van der Waals surface area (Å²) in [6.45, 7) is 4.38. The maximum absolute atomic E-state index is 10.7. The number of hydrogen-bond donors (Lipinski definition) is 1. The van der Waals surface area contributed by atoms with E-state index in [1.54, 1.807) is 11.8 Å². The minimum atomic E-state index is -0.532. The smallest absolute Gasteiger partial charge is 0.222 e. The fraction of sp³-hybridized carbons (Fsp3) is 0.464. The van der Waals surface area contributed by atoms with Crippen LogP contribution in [0.4, 0.5) is 0 Å². The van der Waals surface area contributed by atoms with Crippen molar-refractivity contribution in [1.29, 1.82) is 0 Å². The summed E-state index contributed by atoms with van der Waals surface area (Å²) in [6, 6.07) is 18.2. The van der Waals surface area contributed by atoms with Crippen LogP contribution in [0.15, 0.2) is 54.6 Å². The third-order valence-corrected chi connectivity index (χ3v) is 6.23. The summed E-state index contributed by atoms with van der Waals surface area (Å²) in [5, 5.41) is 15.5. The van der Waals surface area contributed by atoms with Gasteiger partial charge in [-0.1, -0.05) is 43.7 Å². The Labute approximate surface area is 208 Å². The van der Waals surface area contributed by atoms with E-state index in [1.165, 1.54) is 0 Å². The summed E-state index contributed by atoms with van der Waals surface area (Å²) >= 11 is 0. The molecule has 7 heteroatoms. The maximum Gasteiger partial charge on any atom is 0.222 e. The summed E-state index contributed by atoms with van der Waals surface area (Å²) < 4.78 is 19.1. The Kier molecular flexibility index (Phi) is 8.79. The number of ether oxygens (including phenoxy) is 3. The molecule has 1 aliphatic rings. The normalized spacial score (nSPS) is 14.3. The Morgan fingerprint density at radius 1 is 1.09 bits per heavy atom. The average molecular weight is 480 g/mol. The van der Waals surface area contributed by atoms with Crippen LogP contribution < -0.4 is 9.47 Å². The lowest BCUT2D eigenvalue weighted by Crippen LogP contribution is -2.36. The van der Waals surface area contributed by atoms with Gasteiger partial charge in [0.05, 0.1) is 25.4 Å². The van der Waals surface area contributed by atoms with Gasteiger partial charge in [0.15, 0.2) is 0 Å². The Morgan fingerprint density at radius 3 is 2.46 bits per heavy atom. The van der Waals surface area contributed by atoms with E-state index < -0.39 is 6.10 Å². The lowest BCUT2D eigenvalue weighted by Gasteiger charge is -2.25. The first kappa shape index (κ1) is 25.2. The van der Waals surface area contributed by atoms with Crippen LogP contribution in [0.5, 0.6) is 17.4 Å². The van der Waals surface area contributed by atoms with Crippen LogP contribution in [0, 0.1) is 0 Å². The molecule has 1 atom stereocenters. The molecule has 188 valence electrons. The van der Waals surface area contributed by atoms with Crippen LogP contribution in [0.2, 0.25) is 0 Å². The molecular weight excluding hydrogens is 442 g/mol. The van der Waals surface area contributed by atoms with E-state index >= 15 is 0 Å². The van der Waals surface area contributed by atoms with Crippen LogP contribution >= 0.6 is 0 Å². The molecular formula is C28H37N3O4. The van der Waals surface area contributed by atoms with E-state index in [0.29, 0.717) is 38.2 Å². The van der Waals surface area contributed by atoms with E-state index in [2.05, 4.69) is 24.0 Å². The molecule has 1 unspecified atom stereocenters. The Balaban J connectivity index is 1.59. The first-order valence-corrected chi connectivity index (χ1v) is 12.5. The second-order valence-electron chi connectivity index (χ2n) is 9.14. The first-order chi connectivity index (χ1) is 17.1. The highest BCUT2D eigenvalue weighted by Crippen LogP contribution is 2.37. The number of benzene rings is 2. The number of unbranched alkanes of at least 4 members (excludes halogenated alkanes) is 1. The van der Waals surface area contributed by atoms with Gasteiger partial charge in [-0.2, -0.15) is 5.10 Å². The predicted molar refractivity (Wildman–Crippen MR) is 137 cm³/mol. The molecule has 1 heterocycles. The molecule has 1 N–H and O–H groups in total. The minimum absolute atomic E-state index is 0.358. The summed E-state index contributed by atoms with van der Waals surface area (Å²) in [5.74, 6) is 2.20. The maximum atomic E-state index is 10.7. The molecule has 1 fully saturated rings. The number of aliphatic hydroxyl groups is 1. The number of rotatable bonds is 14. The molecule has 7 nitrogen and oxygen atoms in total. The van der Waals surface area contributed by atoms with Crippen LogP contribution in [-0.4, -0.2) is 58.8 Å². The van der Waals surface area contributed by atoms with Crippen LogP contribution in [0.3, 0.4) is 0 Å². The SMILES string of the molecule is CCCCOCC(O)CN(Cc1c(-c2ccccc2)nn(C)c1Oc1ccc(OC)cc1)C1CC1. The number of aliphatic hydroxyl groups excluding tert-OH is 1. The number of aryl methyl sites for hydroxylation is 1. The molecule has 0 saturated heterocycles. The van der Waals surface area contributed by atoms with Gasteiger partial charge in [0, 0.05) is 38.3 Å². The Bertz CT molecular complexity index is 1050. The van der Waals surface area contributed by atoms with E-state index in [0.717, 1.165) is 54.0 Å². The Hall–Kier alpha value is -2.87. The lowest BCUT2D eigenvalue weighted by atomic mass is 10.1. The van der Waals surface area contributed by atoms with Crippen molar-refractivity contribution in [3.63, 3.8) is 0 Å². The second-order valence-corrected chi connectivity index (χ2v) is 9.14. The summed E-state index contributed by atoms with van der Waals surface area (Å²) in [7, 11) is 3.56. The fourth-order valence-electron chi connectivity index (χ4n) is 4.18. The molecule has 1 aliphatic carbocycles. The van der Waals surface area contributed by atoms with Gasteiger partial charge in [0.1, 0.15) is 17.2 Å². The third-order valence-electron chi connectivity index (χ3n) is 6.23. The largest absolute Gasteiger partial charge is 0.497 e. The van der Waals surface area contributed by atoms with Crippen molar-refractivity contribution < 1.29 is 19.3 Å². The van der Waals surface area contributed by atoms with Gasteiger partial charge in [-0.25, -0.2) is 4.68 Å². The van der Waals surface area contributed by atoms with Crippen LogP contribution in [-0.2, 0) is 18.3 Å². The zero-order valence-electron chi connectivity index (χ0n) is 21.0. The van der Waals surface area contributed by atoms with Gasteiger partial charge >= 0.3 is 0 Å². The highest BCUT2D eigenvalue weighted by Gasteiger charge is 2.33.